The molecule has 7 nitrogen and oxygen atoms in total. The Labute approximate surface area is 130 Å². The molecule has 0 aromatic heterocycles. The number of rotatable bonds is 6. The molecule has 0 fully saturated rings. The summed E-state index contributed by atoms with van der Waals surface area (Å²) in [5.41, 5.74) is 3.81. The van der Waals surface area contributed by atoms with Gasteiger partial charge in [0.05, 0.1) is 10.5 Å². The fraction of sp³-hybridized carbons (Fsp3) is 0.333. The molecule has 21 heavy (non-hydrogen) atoms. The molecule has 0 aliphatic heterocycles. The van der Waals surface area contributed by atoms with E-state index in [1.54, 1.807) is 0 Å². The van der Waals surface area contributed by atoms with Crippen molar-refractivity contribution in [2.45, 2.75) is 30.7 Å². The fourth-order valence-electron chi connectivity index (χ4n) is 1.73. The van der Waals surface area contributed by atoms with E-state index in [4.69, 9.17) is 10.8 Å². The van der Waals surface area contributed by atoms with Crippen LogP contribution in [-0.2, 0) is 14.8 Å². The van der Waals surface area contributed by atoms with Gasteiger partial charge in [-0.15, -0.1) is 0 Å². The number of aromatic carboxylic acids is 1. The minimum absolute atomic E-state index is 0.161. The number of primary amides is 1. The second-order valence-electron chi connectivity index (χ2n) is 5.08. The standard InChI is InChI=1S/C12H15BrN2O5S/c1-12(2,6-10(14)16)15-21(19,20)9-5-7(11(17)18)3-4-8(9)13/h3-5,15H,6H2,1-2H3,(H2,14,16)(H,17,18). The van der Waals surface area contributed by atoms with E-state index in [1.807, 2.05) is 0 Å². The summed E-state index contributed by atoms with van der Waals surface area (Å²) in [6.07, 6.45) is -0.192. The summed E-state index contributed by atoms with van der Waals surface area (Å²) in [5.74, 6) is -1.89. The molecule has 116 valence electrons. The number of nitrogens with two attached hydrogens (primary N) is 1. The molecule has 1 aromatic carbocycles. The topological polar surface area (TPSA) is 127 Å². The van der Waals surface area contributed by atoms with Crippen LogP contribution in [0.2, 0.25) is 0 Å². The van der Waals surface area contributed by atoms with Gasteiger partial charge in [0.1, 0.15) is 0 Å². The molecule has 1 aromatic rings. The molecule has 0 radical (unpaired) electrons. The first kappa shape index (κ1) is 17.6. The van der Waals surface area contributed by atoms with Gasteiger partial charge in [0, 0.05) is 16.4 Å². The Balaban J connectivity index is 3.22. The Kier molecular flexibility index (Phi) is 5.13. The van der Waals surface area contributed by atoms with Gasteiger partial charge in [-0.25, -0.2) is 17.9 Å². The molecule has 0 spiro atoms. The van der Waals surface area contributed by atoms with Crippen LogP contribution in [0, 0.1) is 0 Å². The quantitative estimate of drug-likeness (QED) is 0.682. The molecular weight excluding hydrogens is 364 g/mol. The van der Waals surface area contributed by atoms with Crippen molar-refractivity contribution in [2.24, 2.45) is 5.73 Å². The van der Waals surface area contributed by atoms with Crippen LogP contribution in [0.15, 0.2) is 27.6 Å². The van der Waals surface area contributed by atoms with Gasteiger partial charge < -0.3 is 10.8 Å². The lowest BCUT2D eigenvalue weighted by molar-refractivity contribution is -0.119. The largest absolute Gasteiger partial charge is 0.478 e. The lowest BCUT2D eigenvalue weighted by Crippen LogP contribution is -2.46. The van der Waals surface area contributed by atoms with Crippen molar-refractivity contribution >= 4 is 37.8 Å². The van der Waals surface area contributed by atoms with Crippen molar-refractivity contribution in [1.29, 1.82) is 0 Å². The molecule has 4 N–H and O–H groups in total. The van der Waals surface area contributed by atoms with Crippen LogP contribution in [0.5, 0.6) is 0 Å². The number of halogens is 1. The van der Waals surface area contributed by atoms with Crippen molar-refractivity contribution in [3.8, 4) is 0 Å². The number of carboxylic acids is 1. The highest BCUT2D eigenvalue weighted by Gasteiger charge is 2.29. The average molecular weight is 379 g/mol. The van der Waals surface area contributed by atoms with Crippen LogP contribution < -0.4 is 10.5 Å². The second kappa shape index (κ2) is 6.12. The Morgan fingerprint density at radius 3 is 2.43 bits per heavy atom. The molecule has 0 atom stereocenters. The highest BCUT2D eigenvalue weighted by molar-refractivity contribution is 9.10. The number of carboxylic acid groups (broad SMARTS) is 1. The predicted octanol–water partition coefficient (Wildman–Crippen LogP) is 1.08. The van der Waals surface area contributed by atoms with Crippen LogP contribution in [0.1, 0.15) is 30.6 Å². The third-order valence-corrected chi connectivity index (χ3v) is 5.19. The van der Waals surface area contributed by atoms with E-state index in [0.29, 0.717) is 0 Å². The second-order valence-corrected chi connectivity index (χ2v) is 7.59. The van der Waals surface area contributed by atoms with Gasteiger partial charge >= 0.3 is 5.97 Å². The molecule has 0 aliphatic carbocycles. The van der Waals surface area contributed by atoms with E-state index >= 15 is 0 Å². The van der Waals surface area contributed by atoms with Crippen molar-refractivity contribution < 1.29 is 23.1 Å². The van der Waals surface area contributed by atoms with Crippen molar-refractivity contribution in [3.63, 3.8) is 0 Å². The van der Waals surface area contributed by atoms with E-state index in [9.17, 15) is 18.0 Å². The van der Waals surface area contributed by atoms with Gasteiger partial charge in [0.2, 0.25) is 15.9 Å². The first-order valence-electron chi connectivity index (χ1n) is 5.80. The number of nitrogens with one attached hydrogen (secondary N) is 1. The molecule has 0 saturated carbocycles. The number of benzene rings is 1. The van der Waals surface area contributed by atoms with Crippen molar-refractivity contribution in [1.82, 2.24) is 4.72 Å². The zero-order chi connectivity index (χ0) is 16.4. The van der Waals surface area contributed by atoms with Crippen molar-refractivity contribution in [2.75, 3.05) is 0 Å². The van der Waals surface area contributed by atoms with Crippen molar-refractivity contribution in [3.05, 3.63) is 28.2 Å². The number of hydrogen-bond donors (Lipinski definition) is 3. The van der Waals surface area contributed by atoms with E-state index in [1.165, 1.54) is 26.0 Å². The predicted molar refractivity (Wildman–Crippen MR) is 79.3 cm³/mol. The minimum Gasteiger partial charge on any atom is -0.478 e. The van der Waals surface area contributed by atoms with Crippen LogP contribution in [0.3, 0.4) is 0 Å². The van der Waals surface area contributed by atoms with Crippen LogP contribution >= 0.6 is 15.9 Å². The smallest absolute Gasteiger partial charge is 0.335 e. The molecule has 0 bridgehead atoms. The third kappa shape index (κ3) is 4.80. The van der Waals surface area contributed by atoms with Gasteiger partial charge in [-0.1, -0.05) is 0 Å². The Morgan fingerprint density at radius 2 is 1.95 bits per heavy atom. The first-order valence-corrected chi connectivity index (χ1v) is 8.07. The van der Waals surface area contributed by atoms with Gasteiger partial charge in [0.15, 0.2) is 0 Å². The summed E-state index contributed by atoms with van der Waals surface area (Å²) >= 11 is 3.07. The van der Waals surface area contributed by atoms with Crippen LogP contribution in [0.25, 0.3) is 0 Å². The average Bonchev–Trinajstić information content (AvgIpc) is 2.24. The number of carbonyl (C=O) groups is 2. The summed E-state index contributed by atoms with van der Waals surface area (Å²) in [4.78, 5) is 21.7. The number of sulfonamides is 1. The summed E-state index contributed by atoms with van der Waals surface area (Å²) in [7, 11) is -4.02. The minimum atomic E-state index is -4.02. The van der Waals surface area contributed by atoms with E-state index in [0.717, 1.165) is 6.07 Å². The maximum Gasteiger partial charge on any atom is 0.335 e. The zero-order valence-corrected chi connectivity index (χ0v) is 13.8. The molecular formula is C12H15BrN2O5S. The van der Waals surface area contributed by atoms with Gasteiger partial charge in [0.25, 0.3) is 0 Å². The fourth-order valence-corrected chi connectivity index (χ4v) is 4.14. The summed E-state index contributed by atoms with van der Waals surface area (Å²) in [5, 5.41) is 8.93. The summed E-state index contributed by atoms with van der Waals surface area (Å²) in [6, 6.07) is 3.65. The molecule has 1 rings (SSSR count). The Hall–Kier alpha value is -1.45. The SMILES string of the molecule is CC(C)(CC(N)=O)NS(=O)(=O)c1cc(C(=O)O)ccc1Br. The lowest BCUT2D eigenvalue weighted by atomic mass is 10.0. The monoisotopic (exact) mass is 378 g/mol. The highest BCUT2D eigenvalue weighted by atomic mass is 79.9. The van der Waals surface area contributed by atoms with E-state index in [2.05, 4.69) is 20.7 Å². The maximum atomic E-state index is 12.3. The Morgan fingerprint density at radius 1 is 1.38 bits per heavy atom. The number of amides is 1. The van der Waals surface area contributed by atoms with Crippen LogP contribution in [-0.4, -0.2) is 30.9 Å². The highest BCUT2D eigenvalue weighted by Crippen LogP contribution is 2.25. The van der Waals surface area contributed by atoms with E-state index in [-0.39, 0.29) is 21.4 Å². The summed E-state index contributed by atoms with van der Waals surface area (Å²) in [6.45, 7) is 3.01. The van der Waals surface area contributed by atoms with Gasteiger partial charge in [-0.2, -0.15) is 0 Å². The molecule has 0 saturated heterocycles. The molecule has 9 heteroatoms. The normalized spacial score (nSPS) is 12.1. The Bertz CT molecular complexity index is 685. The number of carbonyl (C=O) groups excluding carboxylic acids is 1. The summed E-state index contributed by atoms with van der Waals surface area (Å²) < 4.78 is 27.2. The molecule has 0 unspecified atom stereocenters. The van der Waals surface area contributed by atoms with Gasteiger partial charge in [-0.05, 0) is 48.0 Å². The maximum absolute atomic E-state index is 12.3. The third-order valence-electron chi connectivity index (χ3n) is 2.49. The number of hydrogen-bond acceptors (Lipinski definition) is 4. The van der Waals surface area contributed by atoms with E-state index < -0.39 is 27.4 Å². The first-order chi connectivity index (χ1) is 9.44. The van der Waals surface area contributed by atoms with Crippen LogP contribution in [0.4, 0.5) is 0 Å². The molecule has 1 amide bonds. The zero-order valence-electron chi connectivity index (χ0n) is 11.4. The van der Waals surface area contributed by atoms with Gasteiger partial charge in [-0.3, -0.25) is 4.79 Å². The molecule has 0 heterocycles. The molecule has 0 aliphatic rings. The lowest BCUT2D eigenvalue weighted by Gasteiger charge is -2.24.